The Bertz CT molecular complexity index is 534. The van der Waals surface area contributed by atoms with Gasteiger partial charge in [-0.05, 0) is 44.0 Å². The van der Waals surface area contributed by atoms with Crippen LogP contribution in [-0.2, 0) is 13.0 Å². The molecule has 0 spiro atoms. The van der Waals surface area contributed by atoms with Crippen molar-refractivity contribution >= 4 is 11.6 Å². The van der Waals surface area contributed by atoms with Gasteiger partial charge in [0.15, 0.2) is 0 Å². The molecule has 3 nitrogen and oxygen atoms in total. The van der Waals surface area contributed by atoms with E-state index in [1.165, 1.54) is 0 Å². The van der Waals surface area contributed by atoms with Crippen LogP contribution >= 0.6 is 11.6 Å². The topological polar surface area (TPSA) is 43.8 Å². The molecular weight excluding hydrogens is 246 g/mol. The smallest absolute Gasteiger partial charge is 0.0597 e. The molecule has 1 unspecified atom stereocenters. The van der Waals surface area contributed by atoms with Crippen molar-refractivity contribution in [3.8, 4) is 0 Å². The monoisotopic (exact) mass is 263 g/mol. The molecule has 0 aliphatic carbocycles. The highest BCUT2D eigenvalue weighted by molar-refractivity contribution is 6.30. The number of halogens is 1. The maximum Gasteiger partial charge on any atom is 0.0597 e. The average molecular weight is 264 g/mol. The van der Waals surface area contributed by atoms with Crippen molar-refractivity contribution in [2.75, 3.05) is 0 Å². The molecule has 1 aromatic carbocycles. The number of benzene rings is 1. The molecule has 0 aliphatic heterocycles. The highest BCUT2D eigenvalue weighted by Gasteiger charge is 2.13. The van der Waals surface area contributed by atoms with Crippen LogP contribution in [0, 0.1) is 6.92 Å². The van der Waals surface area contributed by atoms with Gasteiger partial charge >= 0.3 is 0 Å². The third-order valence-electron chi connectivity index (χ3n) is 2.96. The quantitative estimate of drug-likeness (QED) is 0.921. The molecule has 4 heteroatoms. The molecule has 0 amide bonds. The minimum atomic E-state index is -0.0513. The van der Waals surface area contributed by atoms with Crippen LogP contribution in [0.1, 0.15) is 29.9 Å². The fraction of sp³-hybridized carbons (Fsp3) is 0.357. The maximum absolute atomic E-state index is 6.26. The Morgan fingerprint density at radius 2 is 2.17 bits per heavy atom. The van der Waals surface area contributed by atoms with Gasteiger partial charge in [0.1, 0.15) is 0 Å². The molecule has 0 bridgehead atoms. The second kappa shape index (κ2) is 5.55. The molecule has 2 aromatic rings. The van der Waals surface area contributed by atoms with Crippen LogP contribution in [0.2, 0.25) is 5.02 Å². The second-order valence-electron chi connectivity index (χ2n) is 4.47. The lowest BCUT2D eigenvalue weighted by molar-refractivity contribution is 0.566. The largest absolute Gasteiger partial charge is 0.322 e. The van der Waals surface area contributed by atoms with E-state index < -0.39 is 0 Å². The summed E-state index contributed by atoms with van der Waals surface area (Å²) in [7, 11) is 0. The molecule has 2 rings (SSSR count). The first kappa shape index (κ1) is 13.1. The van der Waals surface area contributed by atoms with Gasteiger partial charge in [-0.3, -0.25) is 4.68 Å². The molecule has 0 saturated carbocycles. The first-order chi connectivity index (χ1) is 8.60. The summed E-state index contributed by atoms with van der Waals surface area (Å²) in [6.45, 7) is 4.90. The fourth-order valence-corrected chi connectivity index (χ4v) is 2.35. The van der Waals surface area contributed by atoms with E-state index in [-0.39, 0.29) is 6.04 Å². The molecule has 0 saturated heterocycles. The minimum absolute atomic E-state index is 0.0513. The van der Waals surface area contributed by atoms with Crippen molar-refractivity contribution in [3.05, 3.63) is 52.3 Å². The summed E-state index contributed by atoms with van der Waals surface area (Å²) in [4.78, 5) is 0. The molecule has 2 N–H and O–H groups in total. The van der Waals surface area contributed by atoms with Crippen LogP contribution < -0.4 is 5.73 Å². The van der Waals surface area contributed by atoms with Crippen molar-refractivity contribution in [1.82, 2.24) is 9.78 Å². The molecule has 0 aliphatic rings. The lowest BCUT2D eigenvalue weighted by Gasteiger charge is -2.13. The summed E-state index contributed by atoms with van der Waals surface area (Å²) >= 11 is 5.98. The zero-order valence-corrected chi connectivity index (χ0v) is 11.5. The van der Waals surface area contributed by atoms with Gasteiger partial charge in [-0.2, -0.15) is 5.10 Å². The van der Waals surface area contributed by atoms with Gasteiger partial charge in [-0.1, -0.05) is 23.7 Å². The number of nitrogens with two attached hydrogens (primary N) is 1. The summed E-state index contributed by atoms with van der Waals surface area (Å²) in [5.74, 6) is 0. The highest BCUT2D eigenvalue weighted by Crippen LogP contribution is 2.19. The molecule has 1 aromatic heterocycles. The summed E-state index contributed by atoms with van der Waals surface area (Å²) in [6, 6.07) is 9.83. The van der Waals surface area contributed by atoms with E-state index >= 15 is 0 Å². The number of aromatic nitrogens is 2. The minimum Gasteiger partial charge on any atom is -0.322 e. The van der Waals surface area contributed by atoms with Crippen molar-refractivity contribution in [2.45, 2.75) is 32.9 Å². The summed E-state index contributed by atoms with van der Waals surface area (Å²) in [5, 5.41) is 5.17. The molecule has 0 fully saturated rings. The van der Waals surface area contributed by atoms with Crippen LogP contribution in [-0.4, -0.2) is 9.78 Å². The number of aryl methyl sites for hydroxylation is 2. The van der Waals surface area contributed by atoms with Crippen molar-refractivity contribution in [1.29, 1.82) is 0 Å². The molecule has 1 heterocycles. The Morgan fingerprint density at radius 3 is 2.83 bits per heavy atom. The summed E-state index contributed by atoms with van der Waals surface area (Å²) in [5.41, 5.74) is 9.50. The first-order valence-corrected chi connectivity index (χ1v) is 6.52. The van der Waals surface area contributed by atoms with E-state index in [9.17, 15) is 0 Å². The van der Waals surface area contributed by atoms with Crippen molar-refractivity contribution in [2.24, 2.45) is 5.73 Å². The fourth-order valence-electron chi connectivity index (χ4n) is 2.14. The van der Waals surface area contributed by atoms with Gasteiger partial charge in [0.25, 0.3) is 0 Å². The average Bonchev–Trinajstić information content (AvgIpc) is 2.70. The Labute approximate surface area is 113 Å². The van der Waals surface area contributed by atoms with E-state index in [0.717, 1.165) is 34.9 Å². The number of hydrogen-bond donors (Lipinski definition) is 1. The van der Waals surface area contributed by atoms with Gasteiger partial charge in [0.05, 0.1) is 17.4 Å². The van der Waals surface area contributed by atoms with Gasteiger partial charge in [0, 0.05) is 11.6 Å². The molecule has 0 radical (unpaired) electrons. The van der Waals surface area contributed by atoms with Crippen LogP contribution in [0.3, 0.4) is 0 Å². The Morgan fingerprint density at radius 1 is 1.39 bits per heavy atom. The highest BCUT2D eigenvalue weighted by atomic mass is 35.5. The standard InChI is InChI=1S/C14H18ClN3/c1-3-18-14(7-10(2)17-18)13(16)9-11-5-4-6-12(15)8-11/h4-8,13H,3,9,16H2,1-2H3. The normalized spacial score (nSPS) is 12.7. The molecule has 1 atom stereocenters. The third-order valence-corrected chi connectivity index (χ3v) is 3.19. The number of nitrogens with zero attached hydrogens (tertiary/aromatic N) is 2. The van der Waals surface area contributed by atoms with Crippen LogP contribution in [0.15, 0.2) is 30.3 Å². The number of rotatable bonds is 4. The molecule has 96 valence electrons. The van der Waals surface area contributed by atoms with Gasteiger partial charge in [-0.15, -0.1) is 0 Å². The first-order valence-electron chi connectivity index (χ1n) is 6.14. The zero-order valence-electron chi connectivity index (χ0n) is 10.7. The van der Waals surface area contributed by atoms with Crippen molar-refractivity contribution in [3.63, 3.8) is 0 Å². The lowest BCUT2D eigenvalue weighted by Crippen LogP contribution is -2.18. The maximum atomic E-state index is 6.26. The third kappa shape index (κ3) is 2.92. The van der Waals surface area contributed by atoms with Gasteiger partial charge < -0.3 is 5.73 Å². The van der Waals surface area contributed by atoms with E-state index in [0.29, 0.717) is 0 Å². The summed E-state index contributed by atoms with van der Waals surface area (Å²) in [6.07, 6.45) is 0.770. The van der Waals surface area contributed by atoms with E-state index in [1.807, 2.05) is 35.9 Å². The van der Waals surface area contributed by atoms with Gasteiger partial charge in [-0.25, -0.2) is 0 Å². The Balaban J connectivity index is 2.18. The molecule has 18 heavy (non-hydrogen) atoms. The predicted octanol–water partition coefficient (Wildman–Crippen LogP) is 3.11. The van der Waals surface area contributed by atoms with Crippen LogP contribution in [0.4, 0.5) is 0 Å². The Kier molecular flexibility index (Phi) is 4.04. The van der Waals surface area contributed by atoms with E-state index in [4.69, 9.17) is 17.3 Å². The van der Waals surface area contributed by atoms with E-state index in [1.54, 1.807) is 0 Å². The summed E-state index contributed by atoms with van der Waals surface area (Å²) < 4.78 is 1.96. The van der Waals surface area contributed by atoms with Gasteiger partial charge in [0.2, 0.25) is 0 Å². The zero-order chi connectivity index (χ0) is 13.1. The number of hydrogen-bond acceptors (Lipinski definition) is 2. The predicted molar refractivity (Wildman–Crippen MR) is 74.7 cm³/mol. The molecular formula is C14H18ClN3. The SMILES string of the molecule is CCn1nc(C)cc1C(N)Cc1cccc(Cl)c1. The van der Waals surface area contributed by atoms with Crippen molar-refractivity contribution < 1.29 is 0 Å². The second-order valence-corrected chi connectivity index (χ2v) is 4.90. The van der Waals surface area contributed by atoms with Crippen LogP contribution in [0.5, 0.6) is 0 Å². The van der Waals surface area contributed by atoms with Crippen LogP contribution in [0.25, 0.3) is 0 Å². The Hall–Kier alpha value is -1.32. The lowest BCUT2D eigenvalue weighted by atomic mass is 10.0. The van der Waals surface area contributed by atoms with E-state index in [2.05, 4.69) is 18.1 Å².